The molecule has 2 unspecified atom stereocenters. The molecular weight excluding hydrogens is 286 g/mol. The minimum atomic E-state index is -0.416. The van der Waals surface area contributed by atoms with Crippen molar-refractivity contribution in [3.05, 3.63) is 42.0 Å². The van der Waals surface area contributed by atoms with Crippen molar-refractivity contribution in [2.75, 3.05) is 26.2 Å². The molecule has 0 spiro atoms. The van der Waals surface area contributed by atoms with Gasteiger partial charge < -0.3 is 14.7 Å². The van der Waals surface area contributed by atoms with Crippen LogP contribution in [0.2, 0.25) is 0 Å². The van der Waals surface area contributed by atoms with Gasteiger partial charge in [0.05, 0.1) is 0 Å². The standard InChI is InChI=1S/C20H29NO2/c1-16-10-12-21(13-11-16)14-19(22)15-23-20-8-6-18(7-9-20)17-4-2-3-5-17/h2,4,6-9,16-17,19,22H,3,5,10-15H2,1H3. The SMILES string of the molecule is CC1CCN(CC(O)COc2ccc(C3C=CCC3)cc2)CC1. The van der Waals surface area contributed by atoms with Gasteiger partial charge in [0.2, 0.25) is 0 Å². The van der Waals surface area contributed by atoms with E-state index in [1.165, 1.54) is 31.2 Å². The summed E-state index contributed by atoms with van der Waals surface area (Å²) in [6.07, 6.45) is 9.01. The van der Waals surface area contributed by atoms with Crippen LogP contribution in [0.4, 0.5) is 0 Å². The maximum absolute atomic E-state index is 10.2. The minimum Gasteiger partial charge on any atom is -0.491 e. The molecule has 1 aromatic rings. The third-order valence-electron chi connectivity index (χ3n) is 5.11. The second-order valence-corrected chi connectivity index (χ2v) is 7.13. The van der Waals surface area contributed by atoms with E-state index in [2.05, 4.69) is 36.1 Å². The molecule has 2 atom stereocenters. The Morgan fingerprint density at radius 2 is 1.91 bits per heavy atom. The van der Waals surface area contributed by atoms with Crippen LogP contribution in [0, 0.1) is 5.92 Å². The number of ether oxygens (including phenoxy) is 1. The zero-order valence-electron chi connectivity index (χ0n) is 14.2. The molecule has 3 rings (SSSR count). The Morgan fingerprint density at radius 1 is 1.17 bits per heavy atom. The summed E-state index contributed by atoms with van der Waals surface area (Å²) in [4.78, 5) is 2.35. The van der Waals surface area contributed by atoms with E-state index in [1.807, 2.05) is 12.1 Å². The number of aliphatic hydroxyl groups excluding tert-OH is 1. The van der Waals surface area contributed by atoms with Gasteiger partial charge in [0.25, 0.3) is 0 Å². The Hall–Kier alpha value is -1.32. The molecule has 1 aromatic carbocycles. The van der Waals surface area contributed by atoms with Crippen LogP contribution < -0.4 is 4.74 Å². The third kappa shape index (κ3) is 4.82. The first-order chi connectivity index (χ1) is 11.2. The predicted octanol–water partition coefficient (Wildman–Crippen LogP) is 3.59. The molecule has 0 saturated carbocycles. The Balaban J connectivity index is 1.41. The number of piperidine rings is 1. The Bertz CT molecular complexity index is 503. The van der Waals surface area contributed by atoms with Crippen LogP contribution in [-0.4, -0.2) is 42.4 Å². The topological polar surface area (TPSA) is 32.7 Å². The first-order valence-electron chi connectivity index (χ1n) is 9.00. The third-order valence-corrected chi connectivity index (χ3v) is 5.11. The lowest BCUT2D eigenvalue weighted by Crippen LogP contribution is -2.40. The summed E-state index contributed by atoms with van der Waals surface area (Å²) in [7, 11) is 0. The van der Waals surface area contributed by atoms with E-state index < -0.39 is 6.10 Å². The number of benzene rings is 1. The van der Waals surface area contributed by atoms with Crippen LogP contribution in [0.25, 0.3) is 0 Å². The second kappa shape index (κ2) is 7.98. The highest BCUT2D eigenvalue weighted by Crippen LogP contribution is 2.29. The number of hydrogen-bond donors (Lipinski definition) is 1. The van der Waals surface area contributed by atoms with Crippen molar-refractivity contribution in [2.45, 2.75) is 44.6 Å². The van der Waals surface area contributed by atoms with Crippen molar-refractivity contribution < 1.29 is 9.84 Å². The average molecular weight is 315 g/mol. The maximum atomic E-state index is 10.2. The lowest BCUT2D eigenvalue weighted by molar-refractivity contribution is 0.0563. The van der Waals surface area contributed by atoms with Crippen LogP contribution in [0.5, 0.6) is 5.75 Å². The van der Waals surface area contributed by atoms with Crippen molar-refractivity contribution >= 4 is 0 Å². The van der Waals surface area contributed by atoms with E-state index in [1.54, 1.807) is 0 Å². The summed E-state index contributed by atoms with van der Waals surface area (Å²) in [5.41, 5.74) is 1.36. The molecule has 2 aliphatic rings. The number of aliphatic hydroxyl groups is 1. The van der Waals surface area contributed by atoms with Crippen molar-refractivity contribution in [2.24, 2.45) is 5.92 Å². The summed E-state index contributed by atoms with van der Waals surface area (Å²) >= 11 is 0. The maximum Gasteiger partial charge on any atom is 0.119 e. The highest BCUT2D eigenvalue weighted by Gasteiger charge is 2.18. The van der Waals surface area contributed by atoms with Crippen molar-refractivity contribution in [1.29, 1.82) is 0 Å². The van der Waals surface area contributed by atoms with Gasteiger partial charge in [-0.2, -0.15) is 0 Å². The first kappa shape index (κ1) is 16.5. The molecule has 23 heavy (non-hydrogen) atoms. The van der Waals surface area contributed by atoms with Gasteiger partial charge in [0.15, 0.2) is 0 Å². The monoisotopic (exact) mass is 315 g/mol. The van der Waals surface area contributed by atoms with Crippen LogP contribution in [-0.2, 0) is 0 Å². The van der Waals surface area contributed by atoms with E-state index in [-0.39, 0.29) is 0 Å². The summed E-state index contributed by atoms with van der Waals surface area (Å²) in [5.74, 6) is 2.24. The molecule has 126 valence electrons. The normalized spacial score (nSPS) is 24.0. The predicted molar refractivity (Wildman–Crippen MR) is 93.9 cm³/mol. The molecule has 0 aromatic heterocycles. The Kier molecular flexibility index (Phi) is 5.74. The number of β-amino-alcohol motifs (C(OH)–C–C–N with tert-alkyl or cyclic N) is 1. The summed E-state index contributed by atoms with van der Waals surface area (Å²) in [6, 6.07) is 8.34. The van der Waals surface area contributed by atoms with Crippen molar-refractivity contribution in [1.82, 2.24) is 4.90 Å². The quantitative estimate of drug-likeness (QED) is 0.814. The second-order valence-electron chi connectivity index (χ2n) is 7.13. The van der Waals surface area contributed by atoms with Gasteiger partial charge in [-0.05, 0) is 62.4 Å². The molecule has 3 nitrogen and oxygen atoms in total. The fourth-order valence-electron chi connectivity index (χ4n) is 3.51. The molecule has 1 fully saturated rings. The molecule has 1 heterocycles. The molecule has 0 radical (unpaired) electrons. The number of rotatable bonds is 6. The molecule has 0 amide bonds. The van der Waals surface area contributed by atoms with Crippen LogP contribution in [0.1, 0.15) is 44.1 Å². The highest BCUT2D eigenvalue weighted by molar-refractivity contribution is 5.32. The zero-order chi connectivity index (χ0) is 16.1. The van der Waals surface area contributed by atoms with E-state index in [4.69, 9.17) is 4.74 Å². The largest absolute Gasteiger partial charge is 0.491 e. The lowest BCUT2D eigenvalue weighted by atomic mass is 9.99. The van der Waals surface area contributed by atoms with Crippen LogP contribution >= 0.6 is 0 Å². The molecule has 1 aliphatic heterocycles. The lowest BCUT2D eigenvalue weighted by Gasteiger charge is -2.31. The molecule has 3 heteroatoms. The fourth-order valence-corrected chi connectivity index (χ4v) is 3.51. The molecular formula is C20H29NO2. The summed E-state index contributed by atoms with van der Waals surface area (Å²) in [5, 5.41) is 10.2. The van der Waals surface area contributed by atoms with Gasteiger partial charge in [-0.1, -0.05) is 31.2 Å². The van der Waals surface area contributed by atoms with Crippen molar-refractivity contribution in [3.8, 4) is 5.75 Å². The number of allylic oxidation sites excluding steroid dienone is 2. The molecule has 1 saturated heterocycles. The van der Waals surface area contributed by atoms with Gasteiger partial charge in [-0.15, -0.1) is 0 Å². The van der Waals surface area contributed by atoms with E-state index >= 15 is 0 Å². The van der Waals surface area contributed by atoms with Gasteiger partial charge in [-0.25, -0.2) is 0 Å². The Morgan fingerprint density at radius 3 is 2.57 bits per heavy atom. The van der Waals surface area contributed by atoms with Gasteiger partial charge in [0.1, 0.15) is 18.5 Å². The van der Waals surface area contributed by atoms with E-state index in [0.717, 1.165) is 31.3 Å². The number of hydrogen-bond acceptors (Lipinski definition) is 3. The minimum absolute atomic E-state index is 0.370. The Labute approximate surface area is 140 Å². The molecule has 1 N–H and O–H groups in total. The zero-order valence-corrected chi connectivity index (χ0v) is 14.2. The molecule has 0 bridgehead atoms. The van der Waals surface area contributed by atoms with Gasteiger partial charge in [-0.3, -0.25) is 0 Å². The first-order valence-corrected chi connectivity index (χ1v) is 9.00. The van der Waals surface area contributed by atoms with Gasteiger partial charge >= 0.3 is 0 Å². The molecule has 1 aliphatic carbocycles. The van der Waals surface area contributed by atoms with Crippen molar-refractivity contribution in [3.63, 3.8) is 0 Å². The smallest absolute Gasteiger partial charge is 0.119 e. The average Bonchev–Trinajstić information content (AvgIpc) is 3.10. The van der Waals surface area contributed by atoms with Crippen LogP contribution in [0.15, 0.2) is 36.4 Å². The summed E-state index contributed by atoms with van der Waals surface area (Å²) in [6.45, 7) is 5.60. The van der Waals surface area contributed by atoms with E-state index in [9.17, 15) is 5.11 Å². The highest BCUT2D eigenvalue weighted by atomic mass is 16.5. The number of likely N-dealkylation sites (tertiary alicyclic amines) is 1. The fraction of sp³-hybridized carbons (Fsp3) is 0.600. The number of nitrogens with zero attached hydrogens (tertiary/aromatic N) is 1. The summed E-state index contributed by atoms with van der Waals surface area (Å²) < 4.78 is 5.75. The van der Waals surface area contributed by atoms with Gasteiger partial charge in [0, 0.05) is 12.5 Å². The van der Waals surface area contributed by atoms with E-state index in [0.29, 0.717) is 12.5 Å². The van der Waals surface area contributed by atoms with Crippen LogP contribution in [0.3, 0.4) is 0 Å².